The van der Waals surface area contributed by atoms with Gasteiger partial charge in [0, 0.05) is 12.6 Å². The topological polar surface area (TPSA) is 49.4 Å². The molecule has 0 radical (unpaired) electrons. The van der Waals surface area contributed by atoms with E-state index in [1.165, 1.54) is 4.31 Å². The number of benzene rings is 1. The van der Waals surface area contributed by atoms with Crippen LogP contribution in [0.15, 0.2) is 24.3 Å². The fourth-order valence-electron chi connectivity index (χ4n) is 2.28. The van der Waals surface area contributed by atoms with Gasteiger partial charge in [-0.05, 0) is 37.6 Å². The first-order chi connectivity index (χ1) is 8.44. The summed E-state index contributed by atoms with van der Waals surface area (Å²) in [5, 5.41) is 3.16. The predicted octanol–water partition coefficient (Wildman–Crippen LogP) is 1.75. The lowest BCUT2D eigenvalue weighted by Crippen LogP contribution is -2.25. The lowest BCUT2D eigenvalue weighted by Gasteiger charge is -2.19. The Hall–Kier alpha value is -1.07. The summed E-state index contributed by atoms with van der Waals surface area (Å²) in [5.41, 5.74) is 1.88. The van der Waals surface area contributed by atoms with Crippen LogP contribution < -0.4 is 9.62 Å². The van der Waals surface area contributed by atoms with E-state index in [0.717, 1.165) is 11.3 Å². The third-order valence-electron chi connectivity index (χ3n) is 3.40. The van der Waals surface area contributed by atoms with Crippen molar-refractivity contribution in [3.8, 4) is 0 Å². The highest BCUT2D eigenvalue weighted by molar-refractivity contribution is 7.93. The Kier molecular flexibility index (Phi) is 3.64. The number of rotatable bonds is 3. The van der Waals surface area contributed by atoms with E-state index in [0.29, 0.717) is 6.54 Å². The normalized spacial score (nSPS) is 24.2. The number of hydrogen-bond donors (Lipinski definition) is 1. The van der Waals surface area contributed by atoms with E-state index in [-0.39, 0.29) is 17.7 Å². The summed E-state index contributed by atoms with van der Waals surface area (Å²) in [6.07, 6.45) is 0. The van der Waals surface area contributed by atoms with Crippen molar-refractivity contribution >= 4 is 15.7 Å². The molecule has 1 saturated heterocycles. The molecule has 1 fully saturated rings. The zero-order chi connectivity index (χ0) is 13.3. The van der Waals surface area contributed by atoms with Crippen molar-refractivity contribution in [2.45, 2.75) is 19.9 Å². The van der Waals surface area contributed by atoms with Crippen molar-refractivity contribution in [1.29, 1.82) is 0 Å². The lowest BCUT2D eigenvalue weighted by atomic mass is 10.1. The Labute approximate surface area is 109 Å². The van der Waals surface area contributed by atoms with Crippen molar-refractivity contribution < 1.29 is 8.42 Å². The first kappa shape index (κ1) is 13.4. The third-order valence-corrected chi connectivity index (χ3v) is 5.42. The van der Waals surface area contributed by atoms with E-state index in [9.17, 15) is 8.42 Å². The average molecular weight is 268 g/mol. The van der Waals surface area contributed by atoms with E-state index in [1.54, 1.807) is 0 Å². The van der Waals surface area contributed by atoms with E-state index < -0.39 is 10.0 Å². The number of hydrogen-bond acceptors (Lipinski definition) is 3. The second-order valence-corrected chi connectivity index (χ2v) is 6.96. The molecule has 2 atom stereocenters. The van der Waals surface area contributed by atoms with Gasteiger partial charge in [-0.25, -0.2) is 8.42 Å². The van der Waals surface area contributed by atoms with Crippen LogP contribution in [-0.2, 0) is 10.0 Å². The Balaban J connectivity index is 2.35. The van der Waals surface area contributed by atoms with Gasteiger partial charge in [-0.1, -0.05) is 19.1 Å². The van der Waals surface area contributed by atoms with E-state index in [2.05, 4.69) is 12.2 Å². The monoisotopic (exact) mass is 268 g/mol. The van der Waals surface area contributed by atoms with Gasteiger partial charge in [-0.2, -0.15) is 0 Å². The summed E-state index contributed by atoms with van der Waals surface area (Å²) in [4.78, 5) is 0. The zero-order valence-electron chi connectivity index (χ0n) is 11.1. The van der Waals surface area contributed by atoms with Crippen molar-refractivity contribution in [2.24, 2.45) is 5.92 Å². The molecule has 0 unspecified atom stereocenters. The molecular formula is C13H20N2O2S. The Morgan fingerprint density at radius 2 is 2.17 bits per heavy atom. The first-order valence-corrected chi connectivity index (χ1v) is 7.82. The molecule has 0 bridgehead atoms. The molecule has 1 aromatic carbocycles. The van der Waals surface area contributed by atoms with Crippen LogP contribution in [0.5, 0.6) is 0 Å². The number of sulfonamides is 1. The van der Waals surface area contributed by atoms with Gasteiger partial charge in [0.25, 0.3) is 0 Å². The smallest absolute Gasteiger partial charge is 0.235 e. The molecule has 100 valence electrons. The summed E-state index contributed by atoms with van der Waals surface area (Å²) < 4.78 is 25.6. The summed E-state index contributed by atoms with van der Waals surface area (Å²) in [6.45, 7) is 4.61. The van der Waals surface area contributed by atoms with Crippen LogP contribution in [0.2, 0.25) is 0 Å². The van der Waals surface area contributed by atoms with Crippen molar-refractivity contribution in [2.75, 3.05) is 23.7 Å². The van der Waals surface area contributed by atoms with Gasteiger partial charge in [0.15, 0.2) is 0 Å². The number of nitrogens with one attached hydrogen (secondary N) is 1. The fourth-order valence-corrected chi connectivity index (χ4v) is 4.20. The molecule has 0 saturated carbocycles. The van der Waals surface area contributed by atoms with Gasteiger partial charge >= 0.3 is 0 Å². The van der Waals surface area contributed by atoms with Crippen molar-refractivity contribution in [1.82, 2.24) is 5.32 Å². The average Bonchev–Trinajstić information content (AvgIpc) is 2.61. The largest absolute Gasteiger partial charge is 0.313 e. The van der Waals surface area contributed by atoms with E-state index >= 15 is 0 Å². The number of anilines is 1. The SMILES string of the molecule is CN[C@H](C)c1cccc(N2C[C@@H](C)CS2(=O)=O)c1. The molecule has 0 spiro atoms. The summed E-state index contributed by atoms with van der Waals surface area (Å²) in [7, 11) is -1.23. The molecule has 18 heavy (non-hydrogen) atoms. The van der Waals surface area contributed by atoms with Gasteiger partial charge in [-0.15, -0.1) is 0 Å². The second-order valence-electron chi connectivity index (χ2n) is 5.02. The second kappa shape index (κ2) is 4.90. The van der Waals surface area contributed by atoms with Crippen LogP contribution in [0.1, 0.15) is 25.5 Å². The van der Waals surface area contributed by atoms with Crippen LogP contribution >= 0.6 is 0 Å². The molecule has 1 aliphatic rings. The molecule has 0 aliphatic carbocycles. The Morgan fingerprint density at radius 1 is 1.44 bits per heavy atom. The Bertz CT molecular complexity index is 528. The third kappa shape index (κ3) is 2.52. The van der Waals surface area contributed by atoms with Gasteiger partial charge < -0.3 is 5.32 Å². The molecule has 1 heterocycles. The van der Waals surface area contributed by atoms with Gasteiger partial charge in [0.1, 0.15) is 0 Å². The van der Waals surface area contributed by atoms with Crippen LogP contribution in [0, 0.1) is 5.92 Å². The number of nitrogens with zero attached hydrogens (tertiary/aromatic N) is 1. The molecule has 1 aliphatic heterocycles. The standard InChI is InChI=1S/C13H20N2O2S/c1-10-8-15(18(16,17)9-10)13-6-4-5-12(7-13)11(2)14-3/h4-7,10-11,14H,8-9H2,1-3H3/t10-,11-/m1/s1. The van der Waals surface area contributed by atoms with E-state index in [4.69, 9.17) is 0 Å². The maximum Gasteiger partial charge on any atom is 0.235 e. The molecule has 5 heteroatoms. The molecule has 0 aromatic heterocycles. The predicted molar refractivity (Wildman–Crippen MR) is 74.2 cm³/mol. The summed E-state index contributed by atoms with van der Waals surface area (Å²) in [5.74, 6) is 0.444. The highest BCUT2D eigenvalue weighted by atomic mass is 32.2. The van der Waals surface area contributed by atoms with Crippen LogP contribution in [0.25, 0.3) is 0 Å². The van der Waals surface area contributed by atoms with Gasteiger partial charge in [-0.3, -0.25) is 4.31 Å². The minimum Gasteiger partial charge on any atom is -0.313 e. The van der Waals surface area contributed by atoms with Gasteiger partial charge in [0.05, 0.1) is 11.4 Å². The maximum absolute atomic E-state index is 12.0. The summed E-state index contributed by atoms with van der Waals surface area (Å²) in [6, 6.07) is 7.96. The molecule has 4 nitrogen and oxygen atoms in total. The molecular weight excluding hydrogens is 248 g/mol. The highest BCUT2D eigenvalue weighted by Crippen LogP contribution is 2.28. The molecule has 0 amide bonds. The summed E-state index contributed by atoms with van der Waals surface area (Å²) >= 11 is 0. The minimum atomic E-state index is -3.13. The molecule has 1 N–H and O–H groups in total. The first-order valence-electron chi connectivity index (χ1n) is 6.21. The highest BCUT2D eigenvalue weighted by Gasteiger charge is 2.33. The Morgan fingerprint density at radius 3 is 2.72 bits per heavy atom. The quantitative estimate of drug-likeness (QED) is 0.908. The van der Waals surface area contributed by atoms with Crippen LogP contribution in [0.3, 0.4) is 0 Å². The van der Waals surface area contributed by atoms with Crippen molar-refractivity contribution in [3.63, 3.8) is 0 Å². The lowest BCUT2D eigenvalue weighted by molar-refractivity contribution is 0.598. The molecule has 1 aromatic rings. The van der Waals surface area contributed by atoms with Crippen LogP contribution in [-0.4, -0.2) is 27.8 Å². The fraction of sp³-hybridized carbons (Fsp3) is 0.538. The molecule has 2 rings (SSSR count). The van der Waals surface area contributed by atoms with Gasteiger partial charge in [0.2, 0.25) is 10.0 Å². The van der Waals surface area contributed by atoms with Crippen LogP contribution in [0.4, 0.5) is 5.69 Å². The van der Waals surface area contributed by atoms with Crippen molar-refractivity contribution in [3.05, 3.63) is 29.8 Å². The maximum atomic E-state index is 12.0. The minimum absolute atomic E-state index is 0.195. The zero-order valence-corrected chi connectivity index (χ0v) is 11.9. The van der Waals surface area contributed by atoms with E-state index in [1.807, 2.05) is 38.2 Å².